The molecule has 2 aliphatic rings. The largest absolute Gasteiger partial charge is 0.368 e. The molecule has 6 nitrogen and oxygen atoms in total. The Labute approximate surface area is 130 Å². The van der Waals surface area contributed by atoms with Gasteiger partial charge in [-0.3, -0.25) is 0 Å². The molecule has 1 aromatic carbocycles. The fourth-order valence-corrected chi connectivity index (χ4v) is 2.75. The molecule has 0 spiro atoms. The predicted octanol–water partition coefficient (Wildman–Crippen LogP) is 1.77. The van der Waals surface area contributed by atoms with Crippen molar-refractivity contribution in [3.63, 3.8) is 0 Å². The van der Waals surface area contributed by atoms with Crippen molar-refractivity contribution in [1.29, 1.82) is 0 Å². The van der Waals surface area contributed by atoms with Crippen LogP contribution in [-0.4, -0.2) is 47.4 Å². The topological polar surface area (TPSA) is 57.2 Å². The van der Waals surface area contributed by atoms with Gasteiger partial charge in [0.15, 0.2) is 5.82 Å². The molecule has 114 valence electrons. The standard InChI is InChI=1S/C16H20N6/c1-2-4-14(5-3-1)21-8-10-22(11-9-21)15-12-17-20-16(19-15)18-13-6-7-13/h1-5,12-13H,6-11H2,(H,18,19,20). The summed E-state index contributed by atoms with van der Waals surface area (Å²) < 4.78 is 0. The van der Waals surface area contributed by atoms with Crippen LogP contribution in [0.1, 0.15) is 12.8 Å². The first-order valence-corrected chi connectivity index (χ1v) is 7.90. The van der Waals surface area contributed by atoms with E-state index in [2.05, 4.69) is 60.6 Å². The number of para-hydroxylation sites is 1. The van der Waals surface area contributed by atoms with Crippen LogP contribution in [0.15, 0.2) is 36.5 Å². The lowest BCUT2D eigenvalue weighted by molar-refractivity contribution is 0.644. The van der Waals surface area contributed by atoms with Gasteiger partial charge in [-0.2, -0.15) is 10.1 Å². The van der Waals surface area contributed by atoms with E-state index in [-0.39, 0.29) is 0 Å². The molecule has 0 bridgehead atoms. The molecule has 0 atom stereocenters. The zero-order valence-electron chi connectivity index (χ0n) is 12.5. The number of nitrogens with one attached hydrogen (secondary N) is 1. The third-order valence-corrected chi connectivity index (χ3v) is 4.18. The van der Waals surface area contributed by atoms with E-state index in [4.69, 9.17) is 0 Å². The van der Waals surface area contributed by atoms with Crippen molar-refractivity contribution in [2.45, 2.75) is 18.9 Å². The number of anilines is 3. The Morgan fingerprint density at radius 2 is 1.68 bits per heavy atom. The maximum Gasteiger partial charge on any atom is 0.244 e. The molecule has 2 heterocycles. The van der Waals surface area contributed by atoms with Crippen molar-refractivity contribution >= 4 is 17.5 Å². The van der Waals surface area contributed by atoms with E-state index in [1.165, 1.54) is 18.5 Å². The SMILES string of the molecule is c1ccc(N2CCN(c3cnnc(NC4CC4)n3)CC2)cc1. The third kappa shape index (κ3) is 2.95. The molecule has 1 saturated carbocycles. The van der Waals surface area contributed by atoms with Crippen LogP contribution >= 0.6 is 0 Å². The molecule has 4 rings (SSSR count). The highest BCUT2D eigenvalue weighted by Crippen LogP contribution is 2.24. The van der Waals surface area contributed by atoms with Gasteiger partial charge in [-0.25, -0.2) is 0 Å². The van der Waals surface area contributed by atoms with Crippen LogP contribution in [0.25, 0.3) is 0 Å². The van der Waals surface area contributed by atoms with E-state index < -0.39 is 0 Å². The van der Waals surface area contributed by atoms with Crippen molar-refractivity contribution in [3.8, 4) is 0 Å². The molecule has 1 saturated heterocycles. The second kappa shape index (κ2) is 5.79. The molecule has 6 heteroatoms. The fraction of sp³-hybridized carbons (Fsp3) is 0.438. The molecule has 2 fully saturated rings. The van der Waals surface area contributed by atoms with Crippen LogP contribution in [0.2, 0.25) is 0 Å². The number of aromatic nitrogens is 3. The second-order valence-electron chi connectivity index (χ2n) is 5.87. The first-order chi connectivity index (χ1) is 10.9. The van der Waals surface area contributed by atoms with Crippen molar-refractivity contribution in [2.75, 3.05) is 41.3 Å². The Balaban J connectivity index is 1.40. The van der Waals surface area contributed by atoms with Gasteiger partial charge in [0.1, 0.15) is 0 Å². The van der Waals surface area contributed by atoms with Gasteiger partial charge in [-0.05, 0) is 25.0 Å². The highest BCUT2D eigenvalue weighted by Gasteiger charge is 2.23. The fourth-order valence-electron chi connectivity index (χ4n) is 2.75. The van der Waals surface area contributed by atoms with Crippen LogP contribution in [-0.2, 0) is 0 Å². The van der Waals surface area contributed by atoms with Gasteiger partial charge >= 0.3 is 0 Å². The van der Waals surface area contributed by atoms with E-state index in [1.54, 1.807) is 6.20 Å². The smallest absolute Gasteiger partial charge is 0.244 e. The molecule has 22 heavy (non-hydrogen) atoms. The average molecular weight is 296 g/mol. The van der Waals surface area contributed by atoms with Gasteiger partial charge in [0.05, 0.1) is 6.20 Å². The van der Waals surface area contributed by atoms with Crippen molar-refractivity contribution in [1.82, 2.24) is 15.2 Å². The van der Waals surface area contributed by atoms with Gasteiger partial charge < -0.3 is 15.1 Å². The van der Waals surface area contributed by atoms with Crippen LogP contribution in [0.4, 0.5) is 17.5 Å². The molecule has 0 amide bonds. The number of rotatable bonds is 4. The highest BCUT2D eigenvalue weighted by molar-refractivity contribution is 5.49. The summed E-state index contributed by atoms with van der Waals surface area (Å²) in [5.74, 6) is 1.58. The molecule has 0 radical (unpaired) electrons. The van der Waals surface area contributed by atoms with E-state index in [9.17, 15) is 0 Å². The Bertz CT molecular complexity index is 620. The van der Waals surface area contributed by atoms with Gasteiger partial charge in [0.25, 0.3) is 0 Å². The summed E-state index contributed by atoms with van der Waals surface area (Å²) in [6.07, 6.45) is 4.18. The second-order valence-corrected chi connectivity index (χ2v) is 5.87. The van der Waals surface area contributed by atoms with Crippen LogP contribution < -0.4 is 15.1 Å². The summed E-state index contributed by atoms with van der Waals surface area (Å²) in [6.45, 7) is 3.91. The van der Waals surface area contributed by atoms with Crippen LogP contribution in [0.3, 0.4) is 0 Å². The minimum Gasteiger partial charge on any atom is -0.368 e. The monoisotopic (exact) mass is 296 g/mol. The van der Waals surface area contributed by atoms with Crippen molar-refractivity contribution < 1.29 is 0 Å². The molecule has 0 unspecified atom stereocenters. The number of hydrogen-bond donors (Lipinski definition) is 1. The van der Waals surface area contributed by atoms with E-state index in [0.717, 1.165) is 32.0 Å². The van der Waals surface area contributed by atoms with E-state index in [0.29, 0.717) is 12.0 Å². The summed E-state index contributed by atoms with van der Waals surface area (Å²) >= 11 is 0. The lowest BCUT2D eigenvalue weighted by Crippen LogP contribution is -2.46. The van der Waals surface area contributed by atoms with Gasteiger partial charge in [0, 0.05) is 37.9 Å². The molecular weight excluding hydrogens is 276 g/mol. The minimum absolute atomic E-state index is 0.548. The van der Waals surface area contributed by atoms with Crippen molar-refractivity contribution in [2.24, 2.45) is 0 Å². The maximum absolute atomic E-state index is 4.60. The van der Waals surface area contributed by atoms with Gasteiger partial charge in [0.2, 0.25) is 5.95 Å². The number of nitrogens with zero attached hydrogens (tertiary/aromatic N) is 5. The summed E-state index contributed by atoms with van der Waals surface area (Å²) in [6, 6.07) is 11.1. The Morgan fingerprint density at radius 1 is 0.955 bits per heavy atom. The van der Waals surface area contributed by atoms with Crippen molar-refractivity contribution in [3.05, 3.63) is 36.5 Å². The zero-order chi connectivity index (χ0) is 14.8. The quantitative estimate of drug-likeness (QED) is 0.928. The summed E-state index contributed by atoms with van der Waals surface area (Å²) in [7, 11) is 0. The van der Waals surface area contributed by atoms with Gasteiger partial charge in [-0.1, -0.05) is 18.2 Å². The Morgan fingerprint density at radius 3 is 2.41 bits per heavy atom. The number of hydrogen-bond acceptors (Lipinski definition) is 6. The molecule has 1 aliphatic carbocycles. The molecule has 1 N–H and O–H groups in total. The molecular formula is C16H20N6. The highest BCUT2D eigenvalue weighted by atomic mass is 15.3. The predicted molar refractivity (Wildman–Crippen MR) is 87.3 cm³/mol. The normalized spacial score (nSPS) is 18.4. The first-order valence-electron chi connectivity index (χ1n) is 7.90. The summed E-state index contributed by atoms with van der Waals surface area (Å²) in [5, 5.41) is 11.5. The first kappa shape index (κ1) is 13.3. The lowest BCUT2D eigenvalue weighted by atomic mass is 10.2. The third-order valence-electron chi connectivity index (χ3n) is 4.18. The molecule has 2 aromatic rings. The number of piperazine rings is 1. The van der Waals surface area contributed by atoms with Crippen LogP contribution in [0, 0.1) is 0 Å². The van der Waals surface area contributed by atoms with E-state index in [1.807, 2.05) is 0 Å². The zero-order valence-corrected chi connectivity index (χ0v) is 12.5. The van der Waals surface area contributed by atoms with E-state index >= 15 is 0 Å². The summed E-state index contributed by atoms with van der Waals surface area (Å²) in [5.41, 5.74) is 1.29. The Kier molecular flexibility index (Phi) is 3.50. The minimum atomic E-state index is 0.548. The average Bonchev–Trinajstić information content (AvgIpc) is 3.40. The summed E-state index contributed by atoms with van der Waals surface area (Å²) in [4.78, 5) is 9.29. The maximum atomic E-state index is 4.60. The molecule has 1 aliphatic heterocycles. The number of benzene rings is 1. The van der Waals surface area contributed by atoms with Crippen LogP contribution in [0.5, 0.6) is 0 Å². The lowest BCUT2D eigenvalue weighted by Gasteiger charge is -2.36. The Hall–Kier alpha value is -2.37. The molecule has 1 aromatic heterocycles. The van der Waals surface area contributed by atoms with Gasteiger partial charge in [-0.15, -0.1) is 5.10 Å².